The molecule has 2 aromatic carbocycles. The number of hydrogen-bond donors (Lipinski definition) is 1. The van der Waals surface area contributed by atoms with Crippen molar-refractivity contribution in [3.8, 4) is 0 Å². The van der Waals surface area contributed by atoms with Crippen LogP contribution in [0.15, 0.2) is 82.3 Å². The highest BCUT2D eigenvalue weighted by atomic mass is 35.5. The first-order valence-corrected chi connectivity index (χ1v) is 8.73. The van der Waals surface area contributed by atoms with E-state index in [2.05, 4.69) is 15.3 Å². The molecule has 28 heavy (non-hydrogen) atoms. The first-order valence-electron chi connectivity index (χ1n) is 8.35. The first kappa shape index (κ1) is 17.9. The molecule has 4 aromatic rings. The van der Waals surface area contributed by atoms with Crippen LogP contribution in [0.4, 0.5) is 15.9 Å². The van der Waals surface area contributed by atoms with Gasteiger partial charge in [0.15, 0.2) is 0 Å². The molecule has 5 nitrogen and oxygen atoms in total. The summed E-state index contributed by atoms with van der Waals surface area (Å²) in [6, 6.07) is 17.9. The van der Waals surface area contributed by atoms with Gasteiger partial charge in [-0.05, 0) is 42.5 Å². The van der Waals surface area contributed by atoms with Crippen molar-refractivity contribution in [2.75, 3.05) is 5.32 Å². The van der Waals surface area contributed by atoms with Crippen LogP contribution in [0.2, 0.25) is 5.02 Å². The predicted octanol–water partition coefficient (Wildman–Crippen LogP) is 5.11. The summed E-state index contributed by atoms with van der Waals surface area (Å²) in [5.74, 6) is -0.682. The molecule has 0 aliphatic carbocycles. The number of rotatable bonds is 3. The summed E-state index contributed by atoms with van der Waals surface area (Å²) in [5, 5.41) is 3.71. The van der Waals surface area contributed by atoms with Gasteiger partial charge in [0.2, 0.25) is 5.55 Å². The number of halogens is 2. The Morgan fingerprint density at radius 2 is 1.89 bits per heavy atom. The van der Waals surface area contributed by atoms with Gasteiger partial charge in [0.25, 0.3) is 5.91 Å². The fourth-order valence-corrected chi connectivity index (χ4v) is 2.78. The summed E-state index contributed by atoms with van der Waals surface area (Å²) in [7, 11) is 0. The smallest absolute Gasteiger partial charge is 0.262 e. The quantitative estimate of drug-likeness (QED) is 0.526. The normalized spacial score (nSPS) is 11.6. The molecule has 0 saturated carbocycles. The largest absolute Gasteiger partial charge is 0.438 e. The third-order valence-corrected chi connectivity index (χ3v) is 4.17. The van der Waals surface area contributed by atoms with Crippen LogP contribution in [0.5, 0.6) is 0 Å². The molecule has 1 N–H and O–H groups in total. The fraction of sp³-hybridized carbons (Fsp3) is 0. The number of para-hydroxylation sites is 1. The second-order valence-electron chi connectivity index (χ2n) is 5.88. The van der Waals surface area contributed by atoms with E-state index >= 15 is 0 Å². The van der Waals surface area contributed by atoms with Gasteiger partial charge in [-0.2, -0.15) is 0 Å². The summed E-state index contributed by atoms with van der Waals surface area (Å²) >= 11 is 5.94. The number of fused-ring (bicyclic) bond motifs is 1. The zero-order valence-corrected chi connectivity index (χ0v) is 15.2. The molecule has 0 spiro atoms. The van der Waals surface area contributed by atoms with Crippen molar-refractivity contribution in [2.24, 2.45) is 4.99 Å². The topological polar surface area (TPSA) is 67.5 Å². The van der Waals surface area contributed by atoms with Gasteiger partial charge in [-0.15, -0.1) is 0 Å². The van der Waals surface area contributed by atoms with Gasteiger partial charge in [-0.3, -0.25) is 4.79 Å². The Hall–Kier alpha value is -3.51. The van der Waals surface area contributed by atoms with Crippen LogP contribution in [0.1, 0.15) is 10.4 Å². The van der Waals surface area contributed by atoms with Gasteiger partial charge in [0.1, 0.15) is 28.5 Å². The lowest BCUT2D eigenvalue weighted by Crippen LogP contribution is -2.22. The van der Waals surface area contributed by atoms with E-state index in [9.17, 15) is 9.18 Å². The summed E-state index contributed by atoms with van der Waals surface area (Å²) < 4.78 is 19.9. The molecular weight excluding hydrogens is 381 g/mol. The minimum Gasteiger partial charge on any atom is -0.438 e. The van der Waals surface area contributed by atoms with E-state index in [1.807, 2.05) is 6.07 Å². The van der Waals surface area contributed by atoms with Crippen LogP contribution in [0.25, 0.3) is 11.0 Å². The number of benzene rings is 2. The average molecular weight is 394 g/mol. The van der Waals surface area contributed by atoms with E-state index in [0.29, 0.717) is 21.8 Å². The molecule has 2 aromatic heterocycles. The summed E-state index contributed by atoms with van der Waals surface area (Å²) in [6.07, 6.45) is 1.56. The van der Waals surface area contributed by atoms with Crippen molar-refractivity contribution >= 4 is 40.0 Å². The lowest BCUT2D eigenvalue weighted by molar-refractivity contribution is 0.102. The fourth-order valence-electron chi connectivity index (χ4n) is 2.62. The molecule has 0 radical (unpaired) electrons. The maximum Gasteiger partial charge on any atom is 0.262 e. The van der Waals surface area contributed by atoms with Gasteiger partial charge in [0.05, 0.1) is 0 Å². The number of carbonyl (C=O) groups excluding carboxylic acids is 1. The standard InChI is InChI=1S/C21H13ClFN3O2/c22-14-8-9-16(23)17(12-14)25-21-15(11-13-5-1-2-6-18(13)28-21)20(27)26-19-7-3-4-10-24-19/h1-12H,(H,24,26,27). The summed E-state index contributed by atoms with van der Waals surface area (Å²) in [4.78, 5) is 21.1. The summed E-state index contributed by atoms with van der Waals surface area (Å²) in [5.41, 5.74) is 0.591. The van der Waals surface area contributed by atoms with Crippen molar-refractivity contribution in [3.05, 3.63) is 94.9 Å². The van der Waals surface area contributed by atoms with Gasteiger partial charge >= 0.3 is 0 Å². The zero-order valence-electron chi connectivity index (χ0n) is 14.4. The molecule has 0 unspecified atom stereocenters. The second kappa shape index (κ2) is 7.62. The number of aromatic nitrogens is 1. The van der Waals surface area contributed by atoms with Crippen molar-refractivity contribution < 1.29 is 13.6 Å². The Labute approximate surface area is 164 Å². The van der Waals surface area contributed by atoms with Gasteiger partial charge < -0.3 is 9.73 Å². The maximum atomic E-state index is 14.1. The van der Waals surface area contributed by atoms with Gasteiger partial charge in [0, 0.05) is 16.6 Å². The monoisotopic (exact) mass is 393 g/mol. The number of carbonyl (C=O) groups is 1. The highest BCUT2D eigenvalue weighted by molar-refractivity contribution is 6.30. The molecule has 0 atom stereocenters. The van der Waals surface area contributed by atoms with Crippen LogP contribution >= 0.6 is 11.6 Å². The van der Waals surface area contributed by atoms with Crippen LogP contribution in [-0.4, -0.2) is 10.9 Å². The third-order valence-electron chi connectivity index (χ3n) is 3.94. The molecule has 138 valence electrons. The number of nitrogens with one attached hydrogen (secondary N) is 1. The van der Waals surface area contributed by atoms with Gasteiger partial charge in [-0.1, -0.05) is 35.9 Å². The zero-order chi connectivity index (χ0) is 19.5. The number of amides is 1. The lowest BCUT2D eigenvalue weighted by atomic mass is 10.1. The van der Waals surface area contributed by atoms with E-state index in [-0.39, 0.29) is 16.8 Å². The Balaban J connectivity index is 1.88. The Bertz CT molecular complexity index is 1240. The Morgan fingerprint density at radius 3 is 2.71 bits per heavy atom. The minimum absolute atomic E-state index is 0.0292. The molecule has 0 bridgehead atoms. The molecule has 0 fully saturated rings. The summed E-state index contributed by atoms with van der Waals surface area (Å²) in [6.45, 7) is 0. The number of hydrogen-bond acceptors (Lipinski definition) is 4. The van der Waals surface area contributed by atoms with E-state index in [1.165, 1.54) is 18.2 Å². The number of pyridine rings is 1. The van der Waals surface area contributed by atoms with Crippen LogP contribution in [0.3, 0.4) is 0 Å². The van der Waals surface area contributed by atoms with E-state index in [0.717, 1.165) is 0 Å². The molecule has 0 aliphatic heterocycles. The van der Waals surface area contributed by atoms with E-state index < -0.39 is 11.7 Å². The van der Waals surface area contributed by atoms with Crippen LogP contribution < -0.4 is 10.9 Å². The second-order valence-corrected chi connectivity index (χ2v) is 6.32. The van der Waals surface area contributed by atoms with Crippen molar-refractivity contribution in [1.29, 1.82) is 0 Å². The SMILES string of the molecule is O=C(Nc1ccccn1)c1cc2ccccc2oc1=Nc1cc(Cl)ccc1F. The van der Waals surface area contributed by atoms with Gasteiger partial charge in [-0.25, -0.2) is 14.4 Å². The van der Waals surface area contributed by atoms with Crippen molar-refractivity contribution in [1.82, 2.24) is 4.98 Å². The highest BCUT2D eigenvalue weighted by Gasteiger charge is 2.14. The maximum absolute atomic E-state index is 14.1. The third kappa shape index (κ3) is 3.77. The Morgan fingerprint density at radius 1 is 1.07 bits per heavy atom. The molecule has 7 heteroatoms. The van der Waals surface area contributed by atoms with E-state index in [4.69, 9.17) is 16.0 Å². The van der Waals surface area contributed by atoms with Crippen molar-refractivity contribution in [2.45, 2.75) is 0 Å². The Kier molecular flexibility index (Phi) is 4.87. The minimum atomic E-state index is -0.580. The molecular formula is C21H13ClFN3O2. The van der Waals surface area contributed by atoms with Crippen LogP contribution in [-0.2, 0) is 0 Å². The van der Waals surface area contributed by atoms with Crippen molar-refractivity contribution in [3.63, 3.8) is 0 Å². The van der Waals surface area contributed by atoms with Crippen LogP contribution in [0, 0.1) is 5.82 Å². The lowest BCUT2D eigenvalue weighted by Gasteiger charge is -2.06. The first-order chi connectivity index (χ1) is 13.6. The number of nitrogens with zero attached hydrogens (tertiary/aromatic N) is 2. The predicted molar refractivity (Wildman–Crippen MR) is 105 cm³/mol. The molecule has 4 rings (SSSR count). The molecule has 0 aliphatic rings. The highest BCUT2D eigenvalue weighted by Crippen LogP contribution is 2.22. The molecule has 2 heterocycles. The average Bonchev–Trinajstić information content (AvgIpc) is 2.71. The van der Waals surface area contributed by atoms with E-state index in [1.54, 1.807) is 48.7 Å². The molecule has 0 saturated heterocycles. The molecule has 1 amide bonds. The number of anilines is 1.